The van der Waals surface area contributed by atoms with Crippen LogP contribution in [-0.2, 0) is 0 Å². The number of hydrogen-bond donors (Lipinski definition) is 1. The molecule has 2 unspecified atom stereocenters. The highest BCUT2D eigenvalue weighted by molar-refractivity contribution is 4.81. The molecule has 0 aromatic rings. The Morgan fingerprint density at radius 1 is 1.14 bits per heavy atom. The maximum atomic E-state index is 3.67. The molecule has 0 aromatic heterocycles. The van der Waals surface area contributed by atoms with Gasteiger partial charge < -0.3 is 5.32 Å². The van der Waals surface area contributed by atoms with Crippen molar-refractivity contribution in [1.29, 1.82) is 0 Å². The minimum absolute atomic E-state index is 0.387. The molecule has 0 spiro atoms. The molecule has 0 bridgehead atoms. The van der Waals surface area contributed by atoms with Crippen molar-refractivity contribution in [2.75, 3.05) is 6.54 Å². The Kier molecular flexibility index (Phi) is 6.43. The summed E-state index contributed by atoms with van der Waals surface area (Å²) in [6.07, 6.45) is 3.83. The first-order valence-electron chi connectivity index (χ1n) is 6.15. The molecule has 0 heterocycles. The van der Waals surface area contributed by atoms with Crippen LogP contribution in [0.25, 0.3) is 0 Å². The van der Waals surface area contributed by atoms with Crippen LogP contribution in [-0.4, -0.2) is 12.6 Å². The molecule has 86 valence electrons. The molecule has 1 nitrogen and oxygen atoms in total. The lowest BCUT2D eigenvalue weighted by Gasteiger charge is -2.33. The normalized spacial score (nSPS) is 16.7. The Morgan fingerprint density at radius 2 is 1.71 bits per heavy atom. The predicted octanol–water partition coefficient (Wildman–Crippen LogP) is 3.84. The molecule has 0 fully saturated rings. The molecule has 1 heteroatoms. The van der Waals surface area contributed by atoms with Crippen molar-refractivity contribution in [1.82, 2.24) is 5.32 Å². The van der Waals surface area contributed by atoms with Gasteiger partial charge in [0.15, 0.2) is 0 Å². The van der Waals surface area contributed by atoms with Crippen LogP contribution in [0.3, 0.4) is 0 Å². The van der Waals surface area contributed by atoms with Gasteiger partial charge in [-0.05, 0) is 30.7 Å². The molecule has 0 aliphatic carbocycles. The van der Waals surface area contributed by atoms with Crippen molar-refractivity contribution in [2.24, 2.45) is 11.3 Å². The van der Waals surface area contributed by atoms with Gasteiger partial charge in [-0.15, -0.1) is 0 Å². The highest BCUT2D eigenvalue weighted by Crippen LogP contribution is 2.25. The van der Waals surface area contributed by atoms with Crippen LogP contribution in [0.4, 0.5) is 0 Å². The summed E-state index contributed by atoms with van der Waals surface area (Å²) < 4.78 is 0. The lowest BCUT2D eigenvalue weighted by atomic mass is 9.81. The van der Waals surface area contributed by atoms with Gasteiger partial charge in [-0.3, -0.25) is 0 Å². The summed E-state index contributed by atoms with van der Waals surface area (Å²) in [6, 6.07) is 0.664. The highest BCUT2D eigenvalue weighted by Gasteiger charge is 2.24. The Labute approximate surface area is 90.7 Å². The predicted molar refractivity (Wildman–Crippen MR) is 65.6 cm³/mol. The third-order valence-corrected chi connectivity index (χ3v) is 3.02. The van der Waals surface area contributed by atoms with Gasteiger partial charge in [-0.2, -0.15) is 0 Å². The van der Waals surface area contributed by atoms with Gasteiger partial charge in [0.05, 0.1) is 0 Å². The van der Waals surface area contributed by atoms with Crippen LogP contribution in [0.5, 0.6) is 0 Å². The zero-order chi connectivity index (χ0) is 11.2. The summed E-state index contributed by atoms with van der Waals surface area (Å²) in [7, 11) is 0. The molecule has 0 saturated heterocycles. The second kappa shape index (κ2) is 6.44. The number of hydrogen-bond acceptors (Lipinski definition) is 1. The van der Waals surface area contributed by atoms with Crippen molar-refractivity contribution < 1.29 is 0 Å². The molecule has 0 radical (unpaired) electrons. The van der Waals surface area contributed by atoms with Crippen LogP contribution in [0.15, 0.2) is 0 Å². The molecule has 0 aliphatic heterocycles. The summed E-state index contributed by atoms with van der Waals surface area (Å²) in [6.45, 7) is 15.0. The van der Waals surface area contributed by atoms with Crippen LogP contribution < -0.4 is 5.32 Å². The van der Waals surface area contributed by atoms with Gasteiger partial charge in [0.25, 0.3) is 0 Å². The van der Waals surface area contributed by atoms with Crippen LogP contribution >= 0.6 is 0 Å². The smallest absolute Gasteiger partial charge is 0.0118 e. The summed E-state index contributed by atoms with van der Waals surface area (Å²) in [5.74, 6) is 0.837. The molecule has 0 aromatic carbocycles. The molecule has 0 aliphatic rings. The van der Waals surface area contributed by atoms with Crippen molar-refractivity contribution >= 4 is 0 Å². The van der Waals surface area contributed by atoms with Crippen molar-refractivity contribution in [2.45, 2.75) is 66.8 Å². The monoisotopic (exact) mass is 199 g/mol. The molecule has 1 N–H and O–H groups in total. The van der Waals surface area contributed by atoms with E-state index in [0.29, 0.717) is 11.5 Å². The quantitative estimate of drug-likeness (QED) is 0.685. The van der Waals surface area contributed by atoms with E-state index >= 15 is 0 Å². The van der Waals surface area contributed by atoms with E-state index in [1.807, 2.05) is 0 Å². The first-order chi connectivity index (χ1) is 6.41. The maximum absolute atomic E-state index is 3.67. The molecule has 14 heavy (non-hydrogen) atoms. The Hall–Kier alpha value is -0.0400. The van der Waals surface area contributed by atoms with E-state index in [0.717, 1.165) is 12.5 Å². The van der Waals surface area contributed by atoms with E-state index < -0.39 is 0 Å². The van der Waals surface area contributed by atoms with Gasteiger partial charge in [-0.1, -0.05) is 48.0 Å². The van der Waals surface area contributed by atoms with Crippen molar-refractivity contribution in [3.63, 3.8) is 0 Å². The van der Waals surface area contributed by atoms with E-state index in [-0.39, 0.29) is 0 Å². The maximum Gasteiger partial charge on any atom is 0.0118 e. The van der Waals surface area contributed by atoms with E-state index in [1.165, 1.54) is 19.3 Å². The Morgan fingerprint density at radius 3 is 2.07 bits per heavy atom. The van der Waals surface area contributed by atoms with Crippen molar-refractivity contribution in [3.05, 3.63) is 0 Å². The number of rotatable bonds is 6. The summed E-state index contributed by atoms with van der Waals surface area (Å²) >= 11 is 0. The molecule has 2 atom stereocenters. The molecular weight excluding hydrogens is 170 g/mol. The van der Waals surface area contributed by atoms with E-state index in [2.05, 4.69) is 46.9 Å². The fourth-order valence-corrected chi connectivity index (χ4v) is 1.63. The van der Waals surface area contributed by atoms with E-state index in [1.54, 1.807) is 0 Å². The lowest BCUT2D eigenvalue weighted by molar-refractivity contribution is 0.228. The van der Waals surface area contributed by atoms with Crippen LogP contribution in [0.1, 0.15) is 60.8 Å². The average molecular weight is 199 g/mol. The minimum atomic E-state index is 0.387. The second-order valence-electron chi connectivity index (χ2n) is 5.62. The molecule has 0 amide bonds. The zero-order valence-corrected chi connectivity index (χ0v) is 11.0. The molecular formula is C13H29N. The SMILES string of the molecule is CCCNC(CC(C)CC)C(C)(C)C. The molecule has 0 saturated carbocycles. The van der Waals surface area contributed by atoms with Gasteiger partial charge in [0.1, 0.15) is 0 Å². The fraction of sp³-hybridized carbons (Fsp3) is 1.00. The summed E-state index contributed by atoms with van der Waals surface area (Å²) in [5.41, 5.74) is 0.387. The Balaban J connectivity index is 4.11. The third-order valence-electron chi connectivity index (χ3n) is 3.02. The average Bonchev–Trinajstić information content (AvgIpc) is 2.09. The second-order valence-corrected chi connectivity index (χ2v) is 5.62. The third kappa shape index (κ3) is 5.64. The van der Waals surface area contributed by atoms with Gasteiger partial charge in [0.2, 0.25) is 0 Å². The summed E-state index contributed by atoms with van der Waals surface area (Å²) in [5, 5.41) is 3.67. The van der Waals surface area contributed by atoms with E-state index in [9.17, 15) is 0 Å². The minimum Gasteiger partial charge on any atom is -0.313 e. The first kappa shape index (κ1) is 14.0. The zero-order valence-electron chi connectivity index (χ0n) is 11.0. The van der Waals surface area contributed by atoms with Crippen molar-refractivity contribution in [3.8, 4) is 0 Å². The standard InChI is InChI=1S/C13H29N/c1-7-9-14-12(13(4,5)6)10-11(3)8-2/h11-12,14H,7-10H2,1-6H3. The van der Waals surface area contributed by atoms with Gasteiger partial charge in [0, 0.05) is 6.04 Å². The lowest BCUT2D eigenvalue weighted by Crippen LogP contribution is -2.41. The summed E-state index contributed by atoms with van der Waals surface area (Å²) in [4.78, 5) is 0. The highest BCUT2D eigenvalue weighted by atomic mass is 14.9. The Bertz CT molecular complexity index is 135. The molecule has 0 rings (SSSR count). The van der Waals surface area contributed by atoms with E-state index in [4.69, 9.17) is 0 Å². The van der Waals surface area contributed by atoms with Gasteiger partial charge in [-0.25, -0.2) is 0 Å². The topological polar surface area (TPSA) is 12.0 Å². The van der Waals surface area contributed by atoms with Crippen LogP contribution in [0, 0.1) is 11.3 Å². The van der Waals surface area contributed by atoms with Crippen LogP contribution in [0.2, 0.25) is 0 Å². The number of nitrogens with one attached hydrogen (secondary N) is 1. The first-order valence-corrected chi connectivity index (χ1v) is 6.15. The fourth-order valence-electron chi connectivity index (χ4n) is 1.63. The van der Waals surface area contributed by atoms with Gasteiger partial charge >= 0.3 is 0 Å². The largest absolute Gasteiger partial charge is 0.313 e.